The molecule has 0 saturated heterocycles. The Labute approximate surface area is 160 Å². The summed E-state index contributed by atoms with van der Waals surface area (Å²) in [6.07, 6.45) is 1.23. The molecule has 0 bridgehead atoms. The van der Waals surface area contributed by atoms with Crippen molar-refractivity contribution >= 4 is 41.9 Å². The predicted octanol–water partition coefficient (Wildman–Crippen LogP) is 4.24. The van der Waals surface area contributed by atoms with Crippen molar-refractivity contribution in [3.63, 3.8) is 0 Å². The third-order valence-corrected chi connectivity index (χ3v) is 6.53. The average molecular weight is 421 g/mol. The Hall–Kier alpha value is -0.950. The van der Waals surface area contributed by atoms with Gasteiger partial charge >= 0.3 is 7.82 Å². The minimum Gasteiger partial charge on any atom is -0.310 e. The van der Waals surface area contributed by atoms with E-state index in [0.717, 1.165) is 0 Å². The van der Waals surface area contributed by atoms with E-state index in [9.17, 15) is 9.36 Å². The van der Waals surface area contributed by atoms with Gasteiger partial charge in [0.25, 0.3) is 5.56 Å². The lowest BCUT2D eigenvalue weighted by Gasteiger charge is -2.34. The van der Waals surface area contributed by atoms with E-state index in [0.29, 0.717) is 41.0 Å². The number of phosphoric ester groups is 1. The number of phosphoric acid groups is 1. The molecule has 1 fully saturated rings. The Morgan fingerprint density at radius 3 is 2.69 bits per heavy atom. The number of nitrogens with one attached hydrogen (secondary N) is 1. The van der Waals surface area contributed by atoms with Gasteiger partial charge in [-0.05, 0) is 37.5 Å². The van der Waals surface area contributed by atoms with E-state index < -0.39 is 13.9 Å². The molecule has 1 aromatic carbocycles. The molecule has 1 aliphatic carbocycles. The third-order valence-electron chi connectivity index (χ3n) is 4.47. The zero-order chi connectivity index (χ0) is 18.9. The second kappa shape index (κ2) is 7.97. The van der Waals surface area contributed by atoms with E-state index in [1.54, 1.807) is 18.2 Å². The molecule has 0 spiro atoms. The monoisotopic (exact) mass is 420 g/mol. The van der Waals surface area contributed by atoms with Crippen LogP contribution in [0, 0.1) is 0 Å². The van der Waals surface area contributed by atoms with Gasteiger partial charge in [0.05, 0.1) is 17.0 Å². The molecule has 2 aromatic rings. The first kappa shape index (κ1) is 19.8. The number of fused-ring (bicyclic) bond motifs is 1. The Morgan fingerprint density at radius 1 is 1.27 bits per heavy atom. The van der Waals surface area contributed by atoms with Crippen molar-refractivity contribution < 1.29 is 18.1 Å². The number of aromatic amines is 1. The first-order chi connectivity index (χ1) is 12.3. The lowest BCUT2D eigenvalue weighted by Crippen LogP contribution is -2.32. The molecule has 1 saturated carbocycles. The average Bonchev–Trinajstić information content (AvgIpc) is 2.63. The second-order valence-corrected chi connectivity index (χ2v) is 8.97. The molecule has 0 aliphatic heterocycles. The summed E-state index contributed by atoms with van der Waals surface area (Å²) in [5.74, 6) is 0.0802. The highest BCUT2D eigenvalue weighted by Crippen LogP contribution is 2.52. The van der Waals surface area contributed by atoms with Crippen LogP contribution < -0.4 is 5.56 Å². The van der Waals surface area contributed by atoms with Crippen molar-refractivity contribution in [2.24, 2.45) is 0 Å². The zero-order valence-corrected chi connectivity index (χ0v) is 16.7. The van der Waals surface area contributed by atoms with Gasteiger partial charge in [-0.1, -0.05) is 11.6 Å². The highest BCUT2D eigenvalue weighted by molar-refractivity contribution is 7.48. The number of benzene rings is 1. The molecule has 3 rings (SSSR count). The lowest BCUT2D eigenvalue weighted by atomic mass is 9.85. The SMILES string of the molecule is COP(=O)(OC)OC1CCC(Cl)CC1c1nc2ccc(Cl)cc2c(=O)[nH]1. The van der Waals surface area contributed by atoms with Gasteiger partial charge < -0.3 is 4.98 Å². The minimum absolute atomic E-state index is 0.101. The largest absolute Gasteiger partial charge is 0.474 e. The minimum atomic E-state index is -3.67. The molecule has 142 valence electrons. The Balaban J connectivity index is 2.00. The van der Waals surface area contributed by atoms with E-state index >= 15 is 0 Å². The summed E-state index contributed by atoms with van der Waals surface area (Å²) in [5, 5.41) is 0.755. The van der Waals surface area contributed by atoms with Crippen LogP contribution in [0.5, 0.6) is 0 Å². The number of H-pyrrole nitrogens is 1. The lowest BCUT2D eigenvalue weighted by molar-refractivity contribution is 0.0675. The van der Waals surface area contributed by atoms with Crippen LogP contribution in [0.4, 0.5) is 0 Å². The van der Waals surface area contributed by atoms with Gasteiger partial charge in [0, 0.05) is 30.5 Å². The Bertz CT molecular complexity index is 898. The first-order valence-corrected chi connectivity index (χ1v) is 10.4. The molecule has 3 atom stereocenters. The van der Waals surface area contributed by atoms with Crippen LogP contribution in [-0.2, 0) is 18.1 Å². The van der Waals surface area contributed by atoms with Crippen LogP contribution in [0.25, 0.3) is 10.9 Å². The van der Waals surface area contributed by atoms with Crippen molar-refractivity contribution in [3.05, 3.63) is 39.4 Å². The maximum absolute atomic E-state index is 12.4. The summed E-state index contributed by atoms with van der Waals surface area (Å²) >= 11 is 12.3. The van der Waals surface area contributed by atoms with E-state index in [-0.39, 0.29) is 16.9 Å². The topological polar surface area (TPSA) is 90.5 Å². The highest BCUT2D eigenvalue weighted by Gasteiger charge is 2.39. The van der Waals surface area contributed by atoms with Crippen LogP contribution in [0.1, 0.15) is 31.0 Å². The number of halogens is 2. The summed E-state index contributed by atoms with van der Waals surface area (Å²) in [6, 6.07) is 4.92. The quantitative estimate of drug-likeness (QED) is 0.574. The van der Waals surface area contributed by atoms with Crippen LogP contribution >= 0.6 is 31.0 Å². The summed E-state index contributed by atoms with van der Waals surface area (Å²) < 4.78 is 27.8. The van der Waals surface area contributed by atoms with Gasteiger partial charge in [-0.2, -0.15) is 0 Å². The van der Waals surface area contributed by atoms with E-state index in [2.05, 4.69) is 9.97 Å². The van der Waals surface area contributed by atoms with E-state index in [4.69, 9.17) is 36.8 Å². The second-order valence-electron chi connectivity index (χ2n) is 6.09. The maximum atomic E-state index is 12.4. The molecule has 1 aromatic heterocycles. The standard InChI is InChI=1S/C16H19Cl2N2O5P/c1-23-26(22,24-2)25-14-6-4-10(18)8-12(14)15-19-13-5-3-9(17)7-11(13)16(21)20-15/h3,5,7,10,12,14H,4,6,8H2,1-2H3,(H,19,20,21). The Kier molecular flexibility index (Phi) is 6.07. The van der Waals surface area contributed by atoms with E-state index in [1.165, 1.54) is 14.2 Å². The van der Waals surface area contributed by atoms with Crippen LogP contribution in [-0.4, -0.2) is 35.7 Å². The molecule has 1 aliphatic rings. The molecule has 7 nitrogen and oxygen atoms in total. The maximum Gasteiger partial charge on any atom is 0.474 e. The van der Waals surface area contributed by atoms with Crippen molar-refractivity contribution in [1.29, 1.82) is 0 Å². The number of nitrogens with zero attached hydrogens (tertiary/aromatic N) is 1. The molecule has 0 amide bonds. The van der Waals surface area contributed by atoms with Gasteiger partial charge in [-0.15, -0.1) is 11.6 Å². The normalized spacial score (nSPS) is 24.1. The number of hydrogen-bond acceptors (Lipinski definition) is 6. The van der Waals surface area contributed by atoms with Crippen LogP contribution in [0.15, 0.2) is 23.0 Å². The van der Waals surface area contributed by atoms with Gasteiger partial charge in [-0.25, -0.2) is 9.55 Å². The summed E-state index contributed by atoms with van der Waals surface area (Å²) in [4.78, 5) is 19.8. The molecular formula is C16H19Cl2N2O5P. The fraction of sp³-hybridized carbons (Fsp3) is 0.500. The van der Waals surface area contributed by atoms with Gasteiger partial charge in [0.15, 0.2) is 0 Å². The van der Waals surface area contributed by atoms with Gasteiger partial charge in [0.1, 0.15) is 5.82 Å². The molecule has 10 heteroatoms. The number of rotatable bonds is 5. The molecule has 26 heavy (non-hydrogen) atoms. The summed E-state index contributed by atoms with van der Waals surface area (Å²) in [7, 11) is -1.16. The molecule has 3 unspecified atom stereocenters. The van der Waals surface area contributed by atoms with Crippen LogP contribution in [0.2, 0.25) is 5.02 Å². The van der Waals surface area contributed by atoms with Crippen molar-refractivity contribution in [3.8, 4) is 0 Å². The third kappa shape index (κ3) is 4.14. The fourth-order valence-electron chi connectivity index (χ4n) is 3.14. The van der Waals surface area contributed by atoms with Crippen LogP contribution in [0.3, 0.4) is 0 Å². The molecule has 0 radical (unpaired) electrons. The molecular weight excluding hydrogens is 402 g/mol. The van der Waals surface area contributed by atoms with E-state index in [1.807, 2.05) is 0 Å². The Morgan fingerprint density at radius 2 is 2.00 bits per heavy atom. The van der Waals surface area contributed by atoms with Gasteiger partial charge in [0.2, 0.25) is 0 Å². The molecule has 1 N–H and O–H groups in total. The molecule has 1 heterocycles. The fourth-order valence-corrected chi connectivity index (χ4v) is 4.53. The van der Waals surface area contributed by atoms with Crippen molar-refractivity contribution in [2.75, 3.05) is 14.2 Å². The zero-order valence-electron chi connectivity index (χ0n) is 14.3. The summed E-state index contributed by atoms with van der Waals surface area (Å²) in [5.41, 5.74) is 0.217. The van der Waals surface area contributed by atoms with Gasteiger partial charge in [-0.3, -0.25) is 18.4 Å². The number of hydrogen-bond donors (Lipinski definition) is 1. The highest BCUT2D eigenvalue weighted by atomic mass is 35.5. The smallest absolute Gasteiger partial charge is 0.310 e. The summed E-state index contributed by atoms with van der Waals surface area (Å²) in [6.45, 7) is 0. The van der Waals surface area contributed by atoms with Crippen molar-refractivity contribution in [2.45, 2.75) is 36.7 Å². The van der Waals surface area contributed by atoms with Crippen molar-refractivity contribution in [1.82, 2.24) is 9.97 Å². The first-order valence-electron chi connectivity index (χ1n) is 8.08. The number of aromatic nitrogens is 2. The predicted molar refractivity (Wildman–Crippen MR) is 100 cm³/mol. The number of alkyl halides is 1.